The first-order chi connectivity index (χ1) is 10.1. The normalized spacial score (nSPS) is 33.1. The molecule has 21 heavy (non-hydrogen) atoms. The predicted octanol–water partition coefficient (Wildman–Crippen LogP) is -0.461. The highest BCUT2D eigenvalue weighted by molar-refractivity contribution is 5.21. The van der Waals surface area contributed by atoms with E-state index < -0.39 is 30.6 Å². The highest BCUT2D eigenvalue weighted by atomic mass is 16.7. The molecule has 1 fully saturated rings. The molecular weight excluding hydrogens is 274 g/mol. The Balaban J connectivity index is 2.02. The molecule has 0 radical (unpaired) electrons. The van der Waals surface area contributed by atoms with E-state index in [0.29, 0.717) is 6.54 Å². The largest absolute Gasteiger partial charge is 0.394 e. The third-order valence-corrected chi connectivity index (χ3v) is 3.78. The van der Waals surface area contributed by atoms with Gasteiger partial charge in [-0.3, -0.25) is 0 Å². The Morgan fingerprint density at radius 1 is 1.19 bits per heavy atom. The van der Waals surface area contributed by atoms with Crippen LogP contribution in [0.1, 0.15) is 11.1 Å². The molecule has 0 saturated carbocycles. The SMILES string of the molecule is CO[C@H]1O[C@H](CO)[C@@H](O)[C@@H](NCc2ccc(C)cc2)[C@@H]1O. The fourth-order valence-electron chi connectivity index (χ4n) is 2.46. The first-order valence-corrected chi connectivity index (χ1v) is 7.01. The molecule has 1 aliphatic heterocycles. The molecule has 1 saturated heterocycles. The molecule has 1 aliphatic rings. The minimum atomic E-state index is -1.02. The first kappa shape index (κ1) is 16.4. The van der Waals surface area contributed by atoms with Crippen LogP contribution in [-0.4, -0.2) is 59.7 Å². The summed E-state index contributed by atoms with van der Waals surface area (Å²) in [7, 11) is 1.41. The number of hydrogen-bond donors (Lipinski definition) is 4. The fourth-order valence-corrected chi connectivity index (χ4v) is 2.46. The molecule has 118 valence electrons. The van der Waals surface area contributed by atoms with Gasteiger partial charge in [0.2, 0.25) is 0 Å². The second-order valence-corrected chi connectivity index (χ2v) is 5.33. The lowest BCUT2D eigenvalue weighted by molar-refractivity contribution is -0.271. The maximum Gasteiger partial charge on any atom is 0.185 e. The second-order valence-electron chi connectivity index (χ2n) is 5.33. The Morgan fingerprint density at radius 3 is 2.43 bits per heavy atom. The fraction of sp³-hybridized carbons (Fsp3) is 0.600. The molecule has 4 N–H and O–H groups in total. The third-order valence-electron chi connectivity index (χ3n) is 3.78. The van der Waals surface area contributed by atoms with Gasteiger partial charge in [-0.15, -0.1) is 0 Å². The summed E-state index contributed by atoms with van der Waals surface area (Å²) < 4.78 is 10.3. The summed E-state index contributed by atoms with van der Waals surface area (Å²) in [4.78, 5) is 0. The van der Waals surface area contributed by atoms with Gasteiger partial charge < -0.3 is 30.1 Å². The lowest BCUT2D eigenvalue weighted by atomic mass is 9.96. The van der Waals surface area contributed by atoms with E-state index >= 15 is 0 Å². The van der Waals surface area contributed by atoms with Crippen LogP contribution >= 0.6 is 0 Å². The number of rotatable bonds is 5. The Bertz CT molecular complexity index is 422. The lowest BCUT2D eigenvalue weighted by Gasteiger charge is -2.42. The molecule has 0 unspecified atom stereocenters. The highest BCUT2D eigenvalue weighted by Crippen LogP contribution is 2.22. The van der Waals surface area contributed by atoms with Gasteiger partial charge >= 0.3 is 0 Å². The quantitative estimate of drug-likeness (QED) is 0.588. The number of ether oxygens (including phenoxy) is 2. The van der Waals surface area contributed by atoms with Gasteiger partial charge in [0, 0.05) is 13.7 Å². The summed E-state index contributed by atoms with van der Waals surface area (Å²) in [5.74, 6) is 0. The molecule has 1 heterocycles. The summed E-state index contributed by atoms with van der Waals surface area (Å²) in [6, 6.07) is 7.34. The van der Waals surface area contributed by atoms with Crippen LogP contribution in [-0.2, 0) is 16.0 Å². The average Bonchev–Trinajstić information content (AvgIpc) is 2.49. The van der Waals surface area contributed by atoms with E-state index in [1.54, 1.807) is 0 Å². The Labute approximate surface area is 124 Å². The van der Waals surface area contributed by atoms with Gasteiger partial charge in [0.15, 0.2) is 6.29 Å². The van der Waals surface area contributed by atoms with Crippen molar-refractivity contribution < 1.29 is 24.8 Å². The Hall–Kier alpha value is -1.02. The van der Waals surface area contributed by atoms with Crippen molar-refractivity contribution in [3.8, 4) is 0 Å². The Morgan fingerprint density at radius 2 is 1.86 bits per heavy atom. The van der Waals surface area contributed by atoms with Gasteiger partial charge in [-0.2, -0.15) is 0 Å². The second kappa shape index (κ2) is 7.31. The van der Waals surface area contributed by atoms with Crippen LogP contribution in [0.2, 0.25) is 0 Å². The zero-order chi connectivity index (χ0) is 15.4. The molecule has 0 aromatic heterocycles. The number of aliphatic hydroxyl groups excluding tert-OH is 3. The smallest absolute Gasteiger partial charge is 0.185 e. The number of aliphatic hydroxyl groups is 3. The summed E-state index contributed by atoms with van der Waals surface area (Å²) in [5, 5.41) is 32.7. The van der Waals surface area contributed by atoms with Gasteiger partial charge in [-0.1, -0.05) is 29.8 Å². The van der Waals surface area contributed by atoms with Crippen LogP contribution in [0.25, 0.3) is 0 Å². The van der Waals surface area contributed by atoms with Crippen molar-refractivity contribution in [1.29, 1.82) is 0 Å². The van der Waals surface area contributed by atoms with E-state index in [4.69, 9.17) is 9.47 Å². The molecule has 0 bridgehead atoms. The number of aryl methyl sites for hydroxylation is 1. The third kappa shape index (κ3) is 3.79. The summed E-state index contributed by atoms with van der Waals surface area (Å²) in [5.41, 5.74) is 2.21. The Kier molecular flexibility index (Phi) is 5.69. The lowest BCUT2D eigenvalue weighted by Crippen LogP contribution is -2.63. The van der Waals surface area contributed by atoms with Crippen LogP contribution < -0.4 is 5.32 Å². The predicted molar refractivity (Wildman–Crippen MR) is 76.6 cm³/mol. The van der Waals surface area contributed by atoms with E-state index in [1.165, 1.54) is 12.7 Å². The monoisotopic (exact) mass is 297 g/mol. The number of nitrogens with one attached hydrogen (secondary N) is 1. The van der Waals surface area contributed by atoms with E-state index in [9.17, 15) is 15.3 Å². The number of benzene rings is 1. The maximum absolute atomic E-state index is 10.2. The van der Waals surface area contributed by atoms with Gasteiger partial charge in [-0.25, -0.2) is 0 Å². The first-order valence-electron chi connectivity index (χ1n) is 7.01. The minimum Gasteiger partial charge on any atom is -0.394 e. The summed E-state index contributed by atoms with van der Waals surface area (Å²) >= 11 is 0. The van der Waals surface area contributed by atoms with Gasteiger partial charge in [0.25, 0.3) is 0 Å². The van der Waals surface area contributed by atoms with Crippen molar-refractivity contribution >= 4 is 0 Å². The van der Waals surface area contributed by atoms with Crippen LogP contribution in [0.3, 0.4) is 0 Å². The molecule has 2 rings (SSSR count). The zero-order valence-electron chi connectivity index (χ0n) is 12.3. The molecule has 1 aromatic rings. The molecular formula is C15H23NO5. The van der Waals surface area contributed by atoms with Crippen molar-refractivity contribution in [2.75, 3.05) is 13.7 Å². The molecule has 6 heteroatoms. The highest BCUT2D eigenvalue weighted by Gasteiger charge is 2.44. The van der Waals surface area contributed by atoms with Gasteiger partial charge in [-0.05, 0) is 12.5 Å². The van der Waals surface area contributed by atoms with E-state index in [-0.39, 0.29) is 6.61 Å². The van der Waals surface area contributed by atoms with Crippen LogP contribution in [0.4, 0.5) is 0 Å². The van der Waals surface area contributed by atoms with E-state index in [1.807, 2.05) is 31.2 Å². The number of methoxy groups -OCH3 is 1. The van der Waals surface area contributed by atoms with Crippen LogP contribution in [0, 0.1) is 6.92 Å². The molecule has 5 atom stereocenters. The standard InChI is InChI=1S/C15H23NO5/c1-9-3-5-10(6-4-9)7-16-12-13(18)11(8-17)21-15(20-2)14(12)19/h3-6,11-19H,7-8H2,1-2H3/t11-,12-,13-,14+,15+/m1/s1. The van der Waals surface area contributed by atoms with Crippen molar-refractivity contribution in [1.82, 2.24) is 5.32 Å². The molecule has 1 aromatic carbocycles. The van der Waals surface area contributed by atoms with E-state index in [2.05, 4.69) is 5.32 Å². The molecule has 0 aliphatic carbocycles. The number of hydrogen-bond acceptors (Lipinski definition) is 6. The van der Waals surface area contributed by atoms with Gasteiger partial charge in [0.1, 0.15) is 18.3 Å². The summed E-state index contributed by atoms with van der Waals surface area (Å²) in [6.07, 6.45) is -3.69. The minimum absolute atomic E-state index is 0.337. The van der Waals surface area contributed by atoms with E-state index in [0.717, 1.165) is 5.56 Å². The maximum atomic E-state index is 10.2. The van der Waals surface area contributed by atoms with Crippen molar-refractivity contribution in [3.05, 3.63) is 35.4 Å². The molecule has 0 amide bonds. The molecule has 6 nitrogen and oxygen atoms in total. The van der Waals surface area contributed by atoms with Gasteiger partial charge in [0.05, 0.1) is 12.6 Å². The van der Waals surface area contributed by atoms with Crippen molar-refractivity contribution in [2.45, 2.75) is 44.1 Å². The van der Waals surface area contributed by atoms with Crippen LogP contribution in [0.5, 0.6) is 0 Å². The average molecular weight is 297 g/mol. The zero-order valence-corrected chi connectivity index (χ0v) is 12.3. The van der Waals surface area contributed by atoms with Crippen molar-refractivity contribution in [2.24, 2.45) is 0 Å². The van der Waals surface area contributed by atoms with Crippen molar-refractivity contribution in [3.63, 3.8) is 0 Å². The molecule has 0 spiro atoms. The summed E-state index contributed by atoms with van der Waals surface area (Å²) in [6.45, 7) is 2.17. The van der Waals surface area contributed by atoms with Crippen LogP contribution in [0.15, 0.2) is 24.3 Å². The topological polar surface area (TPSA) is 91.2 Å².